The molecule has 0 heterocycles. The lowest BCUT2D eigenvalue weighted by atomic mass is 9.85. The first-order chi connectivity index (χ1) is 9.27. The molecule has 1 unspecified atom stereocenters. The summed E-state index contributed by atoms with van der Waals surface area (Å²) >= 11 is 6.05. The van der Waals surface area contributed by atoms with Gasteiger partial charge in [-0.2, -0.15) is 0 Å². The van der Waals surface area contributed by atoms with Crippen LogP contribution in [0.3, 0.4) is 0 Å². The molecule has 1 fully saturated rings. The SMILES string of the molecule is CC(C)(C)c1cc(CCC2CC[C@H](N)C2)cc(Cl)c1F. The van der Waals surface area contributed by atoms with E-state index >= 15 is 0 Å². The minimum atomic E-state index is -0.272. The summed E-state index contributed by atoms with van der Waals surface area (Å²) in [6.07, 6.45) is 5.57. The van der Waals surface area contributed by atoms with E-state index in [4.69, 9.17) is 17.3 Å². The Morgan fingerprint density at radius 3 is 2.55 bits per heavy atom. The largest absolute Gasteiger partial charge is 0.328 e. The third kappa shape index (κ3) is 3.73. The smallest absolute Gasteiger partial charge is 0.145 e. The molecule has 20 heavy (non-hydrogen) atoms. The van der Waals surface area contributed by atoms with E-state index in [1.54, 1.807) is 6.07 Å². The van der Waals surface area contributed by atoms with Gasteiger partial charge in [-0.1, -0.05) is 38.4 Å². The Balaban J connectivity index is 2.10. The number of aryl methyl sites for hydroxylation is 1. The first kappa shape index (κ1) is 15.8. The maximum atomic E-state index is 14.1. The van der Waals surface area contributed by atoms with Crippen molar-refractivity contribution >= 4 is 11.6 Å². The summed E-state index contributed by atoms with van der Waals surface area (Å²) in [6.45, 7) is 6.05. The zero-order chi connectivity index (χ0) is 14.9. The quantitative estimate of drug-likeness (QED) is 0.849. The van der Waals surface area contributed by atoms with Gasteiger partial charge in [-0.25, -0.2) is 4.39 Å². The number of nitrogens with two attached hydrogens (primary N) is 1. The van der Waals surface area contributed by atoms with Gasteiger partial charge in [0, 0.05) is 6.04 Å². The van der Waals surface area contributed by atoms with Gasteiger partial charge in [0.05, 0.1) is 5.02 Å². The molecule has 1 nitrogen and oxygen atoms in total. The van der Waals surface area contributed by atoms with Crippen LogP contribution < -0.4 is 5.73 Å². The van der Waals surface area contributed by atoms with Crippen LogP contribution in [0.25, 0.3) is 0 Å². The van der Waals surface area contributed by atoms with Crippen molar-refractivity contribution in [3.8, 4) is 0 Å². The summed E-state index contributed by atoms with van der Waals surface area (Å²) in [5.41, 5.74) is 7.58. The van der Waals surface area contributed by atoms with E-state index < -0.39 is 0 Å². The molecule has 1 aliphatic carbocycles. The lowest BCUT2D eigenvalue weighted by Gasteiger charge is -2.22. The van der Waals surface area contributed by atoms with Crippen molar-refractivity contribution in [2.24, 2.45) is 11.7 Å². The van der Waals surface area contributed by atoms with Crippen LogP contribution in [0, 0.1) is 11.7 Å². The predicted molar refractivity (Wildman–Crippen MR) is 83.7 cm³/mol. The summed E-state index contributed by atoms with van der Waals surface area (Å²) in [5.74, 6) is 0.442. The van der Waals surface area contributed by atoms with Crippen LogP contribution in [0.2, 0.25) is 5.02 Å². The van der Waals surface area contributed by atoms with Gasteiger partial charge in [-0.3, -0.25) is 0 Å². The van der Waals surface area contributed by atoms with Crippen molar-refractivity contribution in [3.63, 3.8) is 0 Å². The standard InChI is InChI=1S/C17H25ClFN/c1-17(2,3)14-9-12(10-15(18)16(14)19)5-4-11-6-7-13(20)8-11/h9-11,13H,4-8,20H2,1-3H3/t11?,13-/m0/s1. The molecule has 0 amide bonds. The highest BCUT2D eigenvalue weighted by Gasteiger charge is 2.23. The zero-order valence-electron chi connectivity index (χ0n) is 12.7. The van der Waals surface area contributed by atoms with Gasteiger partial charge in [0.15, 0.2) is 0 Å². The third-order valence-corrected chi connectivity index (χ3v) is 4.59. The molecular formula is C17H25ClFN. The average Bonchev–Trinajstić information content (AvgIpc) is 2.75. The molecular weight excluding hydrogens is 273 g/mol. The van der Waals surface area contributed by atoms with E-state index in [0.29, 0.717) is 17.5 Å². The molecule has 1 aliphatic rings. The second-order valence-corrected chi connectivity index (χ2v) is 7.57. The highest BCUT2D eigenvalue weighted by molar-refractivity contribution is 6.30. The van der Waals surface area contributed by atoms with Gasteiger partial charge < -0.3 is 5.73 Å². The molecule has 1 aromatic carbocycles. The first-order valence-electron chi connectivity index (χ1n) is 7.51. The lowest BCUT2D eigenvalue weighted by molar-refractivity contribution is 0.492. The first-order valence-corrected chi connectivity index (χ1v) is 7.89. The summed E-state index contributed by atoms with van der Waals surface area (Å²) in [5, 5.41) is 0.246. The second-order valence-electron chi connectivity index (χ2n) is 7.17. The molecule has 0 aromatic heterocycles. The Bertz CT molecular complexity index is 479. The van der Waals surface area contributed by atoms with E-state index in [9.17, 15) is 4.39 Å². The van der Waals surface area contributed by atoms with Gasteiger partial charge >= 0.3 is 0 Å². The topological polar surface area (TPSA) is 26.0 Å². The molecule has 0 bridgehead atoms. The average molecular weight is 298 g/mol. The minimum absolute atomic E-state index is 0.223. The third-order valence-electron chi connectivity index (χ3n) is 4.32. The Morgan fingerprint density at radius 1 is 1.30 bits per heavy atom. The van der Waals surface area contributed by atoms with E-state index in [0.717, 1.165) is 31.2 Å². The van der Waals surface area contributed by atoms with Crippen LogP contribution in [0.5, 0.6) is 0 Å². The van der Waals surface area contributed by atoms with Crippen LogP contribution in [-0.4, -0.2) is 6.04 Å². The molecule has 3 heteroatoms. The van der Waals surface area contributed by atoms with E-state index in [-0.39, 0.29) is 16.3 Å². The van der Waals surface area contributed by atoms with Crippen molar-refractivity contribution in [3.05, 3.63) is 34.1 Å². The summed E-state index contributed by atoms with van der Waals surface area (Å²) < 4.78 is 14.1. The molecule has 1 saturated carbocycles. The molecule has 112 valence electrons. The predicted octanol–water partition coefficient (Wildman–Crippen LogP) is 4.84. The Morgan fingerprint density at radius 2 is 2.00 bits per heavy atom. The van der Waals surface area contributed by atoms with Crippen LogP contribution >= 0.6 is 11.6 Å². The van der Waals surface area contributed by atoms with Crippen LogP contribution in [-0.2, 0) is 11.8 Å². The van der Waals surface area contributed by atoms with Gasteiger partial charge in [-0.05, 0) is 60.6 Å². The molecule has 2 rings (SSSR count). The lowest BCUT2D eigenvalue weighted by Crippen LogP contribution is -2.15. The van der Waals surface area contributed by atoms with Crippen molar-refractivity contribution in [1.82, 2.24) is 0 Å². The van der Waals surface area contributed by atoms with Crippen LogP contribution in [0.4, 0.5) is 4.39 Å². The van der Waals surface area contributed by atoms with Crippen molar-refractivity contribution in [2.75, 3.05) is 0 Å². The maximum absolute atomic E-state index is 14.1. The number of hydrogen-bond donors (Lipinski definition) is 1. The fourth-order valence-corrected chi connectivity index (χ4v) is 3.32. The van der Waals surface area contributed by atoms with E-state index in [1.165, 1.54) is 6.42 Å². The monoisotopic (exact) mass is 297 g/mol. The highest BCUT2D eigenvalue weighted by atomic mass is 35.5. The highest BCUT2D eigenvalue weighted by Crippen LogP contribution is 2.33. The normalized spacial score (nSPS) is 23.3. The zero-order valence-corrected chi connectivity index (χ0v) is 13.4. The molecule has 1 aromatic rings. The van der Waals surface area contributed by atoms with E-state index in [2.05, 4.69) is 0 Å². The molecule has 0 aliphatic heterocycles. The number of hydrogen-bond acceptors (Lipinski definition) is 1. The minimum Gasteiger partial charge on any atom is -0.328 e. The molecule has 0 saturated heterocycles. The van der Waals surface area contributed by atoms with Crippen LogP contribution in [0.15, 0.2) is 12.1 Å². The van der Waals surface area contributed by atoms with Crippen molar-refractivity contribution in [2.45, 2.75) is 64.3 Å². The Kier molecular flexibility index (Phi) is 4.76. The summed E-state index contributed by atoms with van der Waals surface area (Å²) in [6, 6.07) is 4.14. The molecule has 0 radical (unpaired) electrons. The fraction of sp³-hybridized carbons (Fsp3) is 0.647. The molecule has 2 atom stereocenters. The Labute approximate surface area is 126 Å². The number of benzene rings is 1. The maximum Gasteiger partial charge on any atom is 0.145 e. The van der Waals surface area contributed by atoms with Crippen LogP contribution in [0.1, 0.15) is 57.6 Å². The molecule has 2 N–H and O–H groups in total. The van der Waals surface area contributed by atoms with Crippen molar-refractivity contribution < 1.29 is 4.39 Å². The number of rotatable bonds is 3. The van der Waals surface area contributed by atoms with E-state index in [1.807, 2.05) is 26.8 Å². The summed E-state index contributed by atoms with van der Waals surface area (Å²) in [4.78, 5) is 0. The van der Waals surface area contributed by atoms with Gasteiger partial charge in [-0.15, -0.1) is 0 Å². The number of halogens is 2. The van der Waals surface area contributed by atoms with Gasteiger partial charge in [0.2, 0.25) is 0 Å². The van der Waals surface area contributed by atoms with Gasteiger partial charge in [0.25, 0.3) is 0 Å². The Hall–Kier alpha value is -0.600. The summed E-state index contributed by atoms with van der Waals surface area (Å²) in [7, 11) is 0. The fourth-order valence-electron chi connectivity index (χ4n) is 3.08. The molecule has 0 spiro atoms. The second kappa shape index (κ2) is 6.03. The van der Waals surface area contributed by atoms with Gasteiger partial charge in [0.1, 0.15) is 5.82 Å². The van der Waals surface area contributed by atoms with Crippen molar-refractivity contribution in [1.29, 1.82) is 0 Å².